The Morgan fingerprint density at radius 3 is 2.16 bits per heavy atom. The van der Waals surface area contributed by atoms with E-state index in [-0.39, 0.29) is 11.4 Å². The lowest BCUT2D eigenvalue weighted by molar-refractivity contribution is 0.478. The van der Waals surface area contributed by atoms with E-state index in [4.69, 9.17) is 4.18 Å². The quantitative estimate of drug-likeness (QED) is 0.751. The zero-order valence-corrected chi connectivity index (χ0v) is 15.8. The van der Waals surface area contributed by atoms with Gasteiger partial charge in [0.1, 0.15) is 5.75 Å². The van der Waals surface area contributed by atoms with Crippen molar-refractivity contribution in [1.29, 1.82) is 0 Å². The Morgan fingerprint density at radius 1 is 1.08 bits per heavy atom. The Balaban J connectivity index is 2.48. The summed E-state index contributed by atoms with van der Waals surface area (Å²) in [7, 11) is -1.74. The molecular weight excluding hydrogens is 344 g/mol. The number of benzene rings is 1. The fourth-order valence-electron chi connectivity index (χ4n) is 2.46. The Hall–Kier alpha value is -2.35. The van der Waals surface area contributed by atoms with Gasteiger partial charge < -0.3 is 4.18 Å². The number of hydrogen-bond donors (Lipinski definition) is 0. The second-order valence-corrected chi connectivity index (χ2v) is 7.52. The average Bonchev–Trinajstić information content (AvgIpc) is 2.57. The molecule has 136 valence electrons. The summed E-state index contributed by atoms with van der Waals surface area (Å²) in [6.07, 6.45) is 0.964. The molecule has 0 unspecified atom stereocenters. The first-order valence-electron chi connectivity index (χ1n) is 7.91. The molecule has 25 heavy (non-hydrogen) atoms. The molecule has 0 saturated carbocycles. The van der Waals surface area contributed by atoms with Crippen molar-refractivity contribution in [2.24, 2.45) is 14.1 Å². The average molecular weight is 366 g/mol. The van der Waals surface area contributed by atoms with Crippen molar-refractivity contribution in [1.82, 2.24) is 9.13 Å². The van der Waals surface area contributed by atoms with Crippen molar-refractivity contribution in [3.8, 4) is 5.75 Å². The van der Waals surface area contributed by atoms with E-state index < -0.39 is 26.3 Å². The minimum Gasteiger partial charge on any atom is -0.379 e. The van der Waals surface area contributed by atoms with E-state index in [0.29, 0.717) is 5.92 Å². The summed E-state index contributed by atoms with van der Waals surface area (Å²) in [4.78, 5) is 23.6. The van der Waals surface area contributed by atoms with Gasteiger partial charge >= 0.3 is 15.8 Å². The van der Waals surface area contributed by atoms with E-state index in [1.54, 1.807) is 24.3 Å². The van der Waals surface area contributed by atoms with Crippen molar-refractivity contribution in [3.63, 3.8) is 0 Å². The second kappa shape index (κ2) is 6.87. The van der Waals surface area contributed by atoms with Gasteiger partial charge in [0.2, 0.25) is 0 Å². The highest BCUT2D eigenvalue weighted by Crippen LogP contribution is 2.23. The summed E-state index contributed by atoms with van der Waals surface area (Å²) >= 11 is 0. The zero-order chi connectivity index (χ0) is 18.9. The Kier molecular flexibility index (Phi) is 5.22. The lowest BCUT2D eigenvalue weighted by Crippen LogP contribution is -2.41. The van der Waals surface area contributed by atoms with Crippen molar-refractivity contribution in [2.75, 3.05) is 0 Å². The summed E-state index contributed by atoms with van der Waals surface area (Å²) in [6.45, 7) is 5.53. The molecule has 1 aromatic carbocycles. The maximum Gasteiger partial charge on any atom is 0.346 e. The summed E-state index contributed by atoms with van der Waals surface area (Å²) < 4.78 is 32.1. The number of hydrogen-bond acceptors (Lipinski definition) is 5. The standard InChI is InChI=1S/C17H22N2O5S/c1-6-11(2)13-7-9-14(10-8-13)24-25(22,23)15-12(3)18(4)17(21)19(5)16(15)20/h7-11H,6H2,1-5H3/t11-/m1/s1. The van der Waals surface area contributed by atoms with Crippen molar-refractivity contribution >= 4 is 10.1 Å². The molecule has 0 fully saturated rings. The smallest absolute Gasteiger partial charge is 0.346 e. The van der Waals surface area contributed by atoms with Gasteiger partial charge in [0, 0.05) is 19.8 Å². The molecule has 0 radical (unpaired) electrons. The topological polar surface area (TPSA) is 87.4 Å². The third-order valence-electron chi connectivity index (χ3n) is 4.42. The second-order valence-electron chi connectivity index (χ2n) is 6.04. The van der Waals surface area contributed by atoms with Crippen LogP contribution < -0.4 is 15.4 Å². The molecule has 1 atom stereocenters. The maximum atomic E-state index is 12.6. The van der Waals surface area contributed by atoms with E-state index in [2.05, 4.69) is 13.8 Å². The van der Waals surface area contributed by atoms with Crippen LogP contribution in [0.2, 0.25) is 0 Å². The first kappa shape index (κ1) is 19.0. The summed E-state index contributed by atoms with van der Waals surface area (Å²) in [5.41, 5.74) is -0.401. The molecule has 0 amide bonds. The molecule has 0 aliphatic heterocycles. The normalized spacial score (nSPS) is 12.8. The van der Waals surface area contributed by atoms with Crippen LogP contribution in [0.5, 0.6) is 5.75 Å². The third-order valence-corrected chi connectivity index (χ3v) is 5.80. The molecule has 0 spiro atoms. The molecule has 0 saturated heterocycles. The van der Waals surface area contributed by atoms with Gasteiger partial charge in [-0.15, -0.1) is 0 Å². The third kappa shape index (κ3) is 3.53. The highest BCUT2D eigenvalue weighted by molar-refractivity contribution is 7.87. The van der Waals surface area contributed by atoms with Crippen LogP contribution in [0.1, 0.15) is 37.4 Å². The van der Waals surface area contributed by atoms with Gasteiger partial charge in [-0.2, -0.15) is 8.42 Å². The number of nitrogens with zero attached hydrogens (tertiary/aromatic N) is 2. The zero-order valence-electron chi connectivity index (χ0n) is 14.9. The predicted octanol–water partition coefficient (Wildman–Crippen LogP) is 1.67. The van der Waals surface area contributed by atoms with Gasteiger partial charge in [0.05, 0.1) is 0 Å². The van der Waals surface area contributed by atoms with Gasteiger partial charge in [-0.3, -0.25) is 13.9 Å². The molecule has 0 bridgehead atoms. The minimum absolute atomic E-state index is 0.0318. The highest BCUT2D eigenvalue weighted by atomic mass is 32.2. The van der Waals surface area contributed by atoms with Gasteiger partial charge in [-0.05, 0) is 37.0 Å². The first-order valence-corrected chi connectivity index (χ1v) is 9.32. The summed E-state index contributed by atoms with van der Waals surface area (Å²) in [5, 5.41) is 0. The van der Waals surface area contributed by atoms with Crippen LogP contribution in [0.25, 0.3) is 0 Å². The van der Waals surface area contributed by atoms with Crippen LogP contribution in [-0.2, 0) is 24.2 Å². The molecule has 1 heterocycles. The van der Waals surface area contributed by atoms with Crippen LogP contribution >= 0.6 is 0 Å². The van der Waals surface area contributed by atoms with E-state index in [1.165, 1.54) is 21.0 Å². The number of aromatic nitrogens is 2. The fourth-order valence-corrected chi connectivity index (χ4v) is 3.76. The molecule has 2 aromatic rings. The largest absolute Gasteiger partial charge is 0.379 e. The van der Waals surface area contributed by atoms with Crippen LogP contribution in [0.3, 0.4) is 0 Å². The molecule has 0 aliphatic carbocycles. The predicted molar refractivity (Wildman–Crippen MR) is 94.6 cm³/mol. The van der Waals surface area contributed by atoms with E-state index in [9.17, 15) is 18.0 Å². The van der Waals surface area contributed by atoms with Gasteiger partial charge in [-0.25, -0.2) is 4.79 Å². The molecule has 0 N–H and O–H groups in total. The summed E-state index contributed by atoms with van der Waals surface area (Å²) in [5.74, 6) is 0.464. The summed E-state index contributed by atoms with van der Waals surface area (Å²) in [6, 6.07) is 6.71. The highest BCUT2D eigenvalue weighted by Gasteiger charge is 2.27. The van der Waals surface area contributed by atoms with Crippen molar-refractivity contribution in [3.05, 3.63) is 56.4 Å². The van der Waals surface area contributed by atoms with E-state index >= 15 is 0 Å². The Morgan fingerprint density at radius 2 is 1.64 bits per heavy atom. The van der Waals surface area contributed by atoms with E-state index in [1.807, 2.05) is 0 Å². The van der Waals surface area contributed by atoms with Crippen molar-refractivity contribution in [2.45, 2.75) is 38.0 Å². The number of rotatable bonds is 5. The van der Waals surface area contributed by atoms with E-state index in [0.717, 1.165) is 21.1 Å². The molecule has 1 aromatic heterocycles. The molecule has 7 nitrogen and oxygen atoms in total. The Bertz CT molecular complexity index is 1000. The van der Waals surface area contributed by atoms with Gasteiger partial charge in [0.25, 0.3) is 5.56 Å². The Labute approximate surface area is 146 Å². The SMILES string of the molecule is CC[C@@H](C)c1ccc(OS(=O)(=O)c2c(C)n(C)c(=O)n(C)c2=O)cc1. The fraction of sp³-hybridized carbons (Fsp3) is 0.412. The van der Waals surface area contributed by atoms with Crippen LogP contribution in [0.4, 0.5) is 0 Å². The van der Waals surface area contributed by atoms with Crippen LogP contribution in [-0.4, -0.2) is 17.6 Å². The lowest BCUT2D eigenvalue weighted by atomic mass is 9.99. The molecule has 8 heteroatoms. The minimum atomic E-state index is -4.37. The molecular formula is C17H22N2O5S. The van der Waals surface area contributed by atoms with Gasteiger partial charge in [-0.1, -0.05) is 26.0 Å². The van der Waals surface area contributed by atoms with Crippen molar-refractivity contribution < 1.29 is 12.6 Å². The van der Waals surface area contributed by atoms with Crippen LogP contribution in [0.15, 0.2) is 38.8 Å². The molecule has 0 aliphatic rings. The maximum absolute atomic E-state index is 12.6. The monoisotopic (exact) mass is 366 g/mol. The first-order chi connectivity index (χ1) is 11.6. The van der Waals surface area contributed by atoms with Gasteiger partial charge in [0.15, 0.2) is 4.90 Å². The van der Waals surface area contributed by atoms with Crippen LogP contribution in [0, 0.1) is 6.92 Å². The lowest BCUT2D eigenvalue weighted by Gasteiger charge is -2.13. The molecule has 2 rings (SSSR count).